The van der Waals surface area contributed by atoms with Gasteiger partial charge in [0.15, 0.2) is 0 Å². The molecule has 1 heterocycles. The van der Waals surface area contributed by atoms with Crippen LogP contribution in [0.3, 0.4) is 0 Å². The van der Waals surface area contributed by atoms with Crippen LogP contribution < -0.4 is 15.4 Å². The lowest BCUT2D eigenvalue weighted by Gasteiger charge is -2.54. The van der Waals surface area contributed by atoms with Gasteiger partial charge in [-0.1, -0.05) is 11.6 Å². The number of rotatable bonds is 4. The molecule has 4 nitrogen and oxygen atoms in total. The normalized spacial score (nSPS) is 39.6. The van der Waals surface area contributed by atoms with Gasteiger partial charge in [-0.25, -0.2) is 4.39 Å². The number of halogens is 2. The number of carbonyl (C=O) groups excluding carboxylic acids is 1. The van der Waals surface area contributed by atoms with Crippen molar-refractivity contribution in [1.82, 2.24) is 10.6 Å². The predicted octanol–water partition coefficient (Wildman–Crippen LogP) is 3.53. The minimum atomic E-state index is -0.490. The SMILES string of the molecule is O=C(NC1C2CC3CC(C2)CC1C3)[C@@H]1C[C@H](Oc2ccc(Cl)c(F)c2)CN1. The third-order valence-electron chi connectivity index (χ3n) is 7.14. The lowest BCUT2D eigenvalue weighted by molar-refractivity contribution is -0.126. The molecule has 0 radical (unpaired) electrons. The molecular formula is C21H26ClFN2O2. The van der Waals surface area contributed by atoms with E-state index in [1.54, 1.807) is 6.07 Å². The molecule has 2 atom stereocenters. The number of benzene rings is 1. The molecule has 1 aliphatic heterocycles. The molecule has 4 saturated carbocycles. The molecule has 1 aromatic carbocycles. The van der Waals surface area contributed by atoms with E-state index >= 15 is 0 Å². The summed E-state index contributed by atoms with van der Waals surface area (Å²) in [4.78, 5) is 12.8. The zero-order valence-electron chi connectivity index (χ0n) is 15.3. The Kier molecular flexibility index (Phi) is 4.55. The van der Waals surface area contributed by atoms with Gasteiger partial charge in [0.2, 0.25) is 5.91 Å². The van der Waals surface area contributed by atoms with E-state index in [4.69, 9.17) is 16.3 Å². The zero-order chi connectivity index (χ0) is 18.5. The molecule has 146 valence electrons. The van der Waals surface area contributed by atoms with Crippen LogP contribution in [0.15, 0.2) is 18.2 Å². The van der Waals surface area contributed by atoms with Gasteiger partial charge in [-0.3, -0.25) is 4.79 Å². The van der Waals surface area contributed by atoms with Gasteiger partial charge < -0.3 is 15.4 Å². The Morgan fingerprint density at radius 1 is 1.11 bits per heavy atom. The highest BCUT2D eigenvalue weighted by Crippen LogP contribution is 2.53. The minimum Gasteiger partial charge on any atom is -0.489 e. The molecule has 1 saturated heterocycles. The number of ether oxygens (including phenoxy) is 1. The van der Waals surface area contributed by atoms with Crippen molar-refractivity contribution in [2.24, 2.45) is 23.7 Å². The molecule has 2 N–H and O–H groups in total. The molecular weight excluding hydrogens is 367 g/mol. The minimum absolute atomic E-state index is 0.0832. The van der Waals surface area contributed by atoms with Gasteiger partial charge in [0, 0.05) is 25.1 Å². The van der Waals surface area contributed by atoms with E-state index in [2.05, 4.69) is 10.6 Å². The van der Waals surface area contributed by atoms with E-state index in [9.17, 15) is 9.18 Å². The topological polar surface area (TPSA) is 50.4 Å². The first-order valence-electron chi connectivity index (χ1n) is 10.2. The first-order valence-corrected chi connectivity index (χ1v) is 10.6. The summed E-state index contributed by atoms with van der Waals surface area (Å²) in [6.45, 7) is 0.587. The standard InChI is InChI=1S/C21H26ClFN2O2/c22-17-2-1-15(8-18(17)23)27-16-9-19(24-10-16)21(26)25-20-13-4-11-3-12(6-13)7-14(20)5-11/h1-2,8,11-14,16,19-20,24H,3-7,9-10H2,(H,25,26)/t11?,12?,13?,14?,16-,19-,20?/m0/s1. The Hall–Kier alpha value is -1.33. The molecule has 1 aromatic rings. The van der Waals surface area contributed by atoms with E-state index in [0.29, 0.717) is 36.6 Å². The molecule has 4 aliphatic carbocycles. The molecule has 27 heavy (non-hydrogen) atoms. The van der Waals surface area contributed by atoms with Crippen LogP contribution in [0.1, 0.15) is 38.5 Å². The van der Waals surface area contributed by atoms with Crippen LogP contribution in [0.5, 0.6) is 5.75 Å². The third kappa shape index (κ3) is 3.44. The molecule has 1 amide bonds. The average molecular weight is 393 g/mol. The van der Waals surface area contributed by atoms with Crippen LogP contribution in [0.4, 0.5) is 4.39 Å². The van der Waals surface area contributed by atoms with Crippen LogP contribution in [0.2, 0.25) is 5.02 Å². The molecule has 0 aromatic heterocycles. The first kappa shape index (κ1) is 17.7. The van der Waals surface area contributed by atoms with E-state index in [1.165, 1.54) is 44.2 Å². The molecule has 6 rings (SSSR count). The monoisotopic (exact) mass is 392 g/mol. The quantitative estimate of drug-likeness (QED) is 0.824. The summed E-state index contributed by atoms with van der Waals surface area (Å²) in [5.74, 6) is 3.22. The van der Waals surface area contributed by atoms with Gasteiger partial charge in [0.25, 0.3) is 0 Å². The number of nitrogens with one attached hydrogen (secondary N) is 2. The summed E-state index contributed by atoms with van der Waals surface area (Å²) < 4.78 is 19.4. The third-order valence-corrected chi connectivity index (χ3v) is 7.44. The van der Waals surface area contributed by atoms with Gasteiger partial charge in [-0.05, 0) is 67.9 Å². The Bertz CT molecular complexity index is 715. The Balaban J connectivity index is 1.17. The van der Waals surface area contributed by atoms with Crippen LogP contribution in [0.25, 0.3) is 0 Å². The van der Waals surface area contributed by atoms with E-state index in [0.717, 1.165) is 11.8 Å². The Morgan fingerprint density at radius 2 is 1.81 bits per heavy atom. The molecule has 4 bridgehead atoms. The van der Waals surface area contributed by atoms with Crippen molar-refractivity contribution in [2.45, 2.75) is 56.7 Å². The van der Waals surface area contributed by atoms with E-state index in [-0.39, 0.29) is 23.1 Å². The number of hydrogen-bond acceptors (Lipinski definition) is 3. The highest BCUT2D eigenvalue weighted by Gasteiger charge is 2.49. The maximum Gasteiger partial charge on any atom is 0.237 e. The van der Waals surface area contributed by atoms with Gasteiger partial charge >= 0.3 is 0 Å². The average Bonchev–Trinajstić information content (AvgIpc) is 3.09. The second kappa shape index (κ2) is 6.93. The Morgan fingerprint density at radius 3 is 2.48 bits per heavy atom. The molecule has 0 unspecified atom stereocenters. The van der Waals surface area contributed by atoms with Crippen molar-refractivity contribution in [3.05, 3.63) is 29.0 Å². The molecule has 6 heteroatoms. The second-order valence-corrected chi connectivity index (χ2v) is 9.38. The number of carbonyl (C=O) groups is 1. The smallest absolute Gasteiger partial charge is 0.237 e. The second-order valence-electron chi connectivity index (χ2n) is 8.98. The van der Waals surface area contributed by atoms with Crippen molar-refractivity contribution >= 4 is 17.5 Å². The van der Waals surface area contributed by atoms with Crippen LogP contribution >= 0.6 is 11.6 Å². The fraction of sp³-hybridized carbons (Fsp3) is 0.667. The van der Waals surface area contributed by atoms with E-state index in [1.807, 2.05) is 0 Å². The highest BCUT2D eigenvalue weighted by molar-refractivity contribution is 6.30. The van der Waals surface area contributed by atoms with Gasteiger partial charge in [0.1, 0.15) is 17.7 Å². The number of amides is 1. The summed E-state index contributed by atoms with van der Waals surface area (Å²) in [6, 6.07) is 4.57. The van der Waals surface area contributed by atoms with Gasteiger partial charge in [0.05, 0.1) is 11.1 Å². The number of hydrogen-bond donors (Lipinski definition) is 2. The van der Waals surface area contributed by atoms with Crippen LogP contribution in [0, 0.1) is 29.5 Å². The van der Waals surface area contributed by atoms with Gasteiger partial charge in [-0.15, -0.1) is 0 Å². The van der Waals surface area contributed by atoms with Crippen LogP contribution in [-0.2, 0) is 4.79 Å². The maximum absolute atomic E-state index is 13.6. The first-order chi connectivity index (χ1) is 13.0. The van der Waals surface area contributed by atoms with Crippen molar-refractivity contribution in [3.8, 4) is 5.75 Å². The summed E-state index contributed by atoms with van der Waals surface area (Å²) in [7, 11) is 0. The molecule has 0 spiro atoms. The van der Waals surface area contributed by atoms with Crippen molar-refractivity contribution in [3.63, 3.8) is 0 Å². The predicted molar refractivity (Wildman–Crippen MR) is 101 cm³/mol. The maximum atomic E-state index is 13.6. The summed E-state index contributed by atoms with van der Waals surface area (Å²) in [5, 5.41) is 6.72. The summed E-state index contributed by atoms with van der Waals surface area (Å²) in [6.07, 6.45) is 7.06. The summed E-state index contributed by atoms with van der Waals surface area (Å²) in [5.41, 5.74) is 0. The largest absolute Gasteiger partial charge is 0.489 e. The van der Waals surface area contributed by atoms with E-state index < -0.39 is 5.82 Å². The lowest BCUT2D eigenvalue weighted by atomic mass is 9.54. The zero-order valence-corrected chi connectivity index (χ0v) is 16.1. The van der Waals surface area contributed by atoms with Crippen molar-refractivity contribution in [1.29, 1.82) is 0 Å². The van der Waals surface area contributed by atoms with Crippen molar-refractivity contribution in [2.75, 3.05) is 6.54 Å². The Labute approximate surface area is 164 Å². The highest BCUT2D eigenvalue weighted by atomic mass is 35.5. The van der Waals surface area contributed by atoms with Crippen molar-refractivity contribution < 1.29 is 13.9 Å². The molecule has 5 aliphatic rings. The fourth-order valence-electron chi connectivity index (χ4n) is 6.16. The molecule has 5 fully saturated rings. The van der Waals surface area contributed by atoms with Gasteiger partial charge in [-0.2, -0.15) is 0 Å². The summed E-state index contributed by atoms with van der Waals surface area (Å²) >= 11 is 5.71. The fourth-order valence-corrected chi connectivity index (χ4v) is 6.28. The lowest BCUT2D eigenvalue weighted by Crippen LogP contribution is -2.58. The van der Waals surface area contributed by atoms with Crippen LogP contribution in [-0.4, -0.2) is 30.6 Å².